The van der Waals surface area contributed by atoms with Crippen LogP contribution in [0.5, 0.6) is 0 Å². The number of carbonyl (C=O) groups is 1. The van der Waals surface area contributed by atoms with Gasteiger partial charge in [0.05, 0.1) is 18.2 Å². The highest BCUT2D eigenvalue weighted by Crippen LogP contribution is 2.11. The molecule has 0 saturated carbocycles. The smallest absolute Gasteiger partial charge is 0.240 e. The third-order valence-corrected chi connectivity index (χ3v) is 3.87. The van der Waals surface area contributed by atoms with Crippen LogP contribution in [0.15, 0.2) is 0 Å². The first-order valence-corrected chi connectivity index (χ1v) is 6.96. The van der Waals surface area contributed by atoms with Gasteiger partial charge in [-0.2, -0.15) is 0 Å². The van der Waals surface area contributed by atoms with E-state index >= 15 is 0 Å². The molecule has 0 aromatic carbocycles. The standard InChI is InChI=1S/C13H27N3O2/c1-4-13(14,5-2)12(17)15-9-11-10-16(6-3)7-8-18-11/h11H,4-10,14H2,1-3H3,(H,15,17). The highest BCUT2D eigenvalue weighted by Gasteiger charge is 2.30. The second kappa shape index (κ2) is 7.07. The Morgan fingerprint density at radius 2 is 2.11 bits per heavy atom. The molecule has 5 nitrogen and oxygen atoms in total. The molecule has 1 amide bonds. The Labute approximate surface area is 110 Å². The Kier molecular flexibility index (Phi) is 6.05. The Morgan fingerprint density at radius 3 is 2.67 bits per heavy atom. The Balaban J connectivity index is 2.38. The first kappa shape index (κ1) is 15.4. The summed E-state index contributed by atoms with van der Waals surface area (Å²) < 4.78 is 5.64. The molecule has 0 radical (unpaired) electrons. The molecule has 1 unspecified atom stereocenters. The fourth-order valence-corrected chi connectivity index (χ4v) is 2.14. The second-order valence-corrected chi connectivity index (χ2v) is 4.96. The van der Waals surface area contributed by atoms with Crippen LogP contribution in [0.3, 0.4) is 0 Å². The maximum Gasteiger partial charge on any atom is 0.240 e. The molecule has 1 fully saturated rings. The van der Waals surface area contributed by atoms with Crippen LogP contribution in [0, 0.1) is 0 Å². The summed E-state index contributed by atoms with van der Waals surface area (Å²) in [5.41, 5.74) is 5.31. The zero-order valence-electron chi connectivity index (χ0n) is 11.9. The lowest BCUT2D eigenvalue weighted by Crippen LogP contribution is -2.56. The lowest BCUT2D eigenvalue weighted by molar-refractivity contribution is -0.127. The fraction of sp³-hybridized carbons (Fsp3) is 0.923. The lowest BCUT2D eigenvalue weighted by Gasteiger charge is -2.33. The van der Waals surface area contributed by atoms with Crippen LogP contribution in [0.1, 0.15) is 33.6 Å². The third-order valence-electron chi connectivity index (χ3n) is 3.87. The molecule has 0 aliphatic carbocycles. The number of nitrogens with one attached hydrogen (secondary N) is 1. The number of nitrogens with zero attached hydrogens (tertiary/aromatic N) is 1. The molecule has 1 aliphatic heterocycles. The molecule has 1 rings (SSSR count). The van der Waals surface area contributed by atoms with Crippen LogP contribution in [-0.4, -0.2) is 55.2 Å². The molecule has 1 saturated heterocycles. The van der Waals surface area contributed by atoms with E-state index in [4.69, 9.17) is 10.5 Å². The van der Waals surface area contributed by atoms with Crippen LogP contribution in [0.25, 0.3) is 0 Å². The van der Waals surface area contributed by atoms with E-state index in [9.17, 15) is 4.79 Å². The van der Waals surface area contributed by atoms with Crippen LogP contribution < -0.4 is 11.1 Å². The maximum atomic E-state index is 12.0. The molecule has 1 aliphatic rings. The van der Waals surface area contributed by atoms with Gasteiger partial charge >= 0.3 is 0 Å². The maximum absolute atomic E-state index is 12.0. The molecular formula is C13H27N3O2. The SMILES string of the molecule is CCN1CCOC(CNC(=O)C(N)(CC)CC)C1. The number of hydrogen-bond donors (Lipinski definition) is 2. The number of morpholine rings is 1. The van der Waals surface area contributed by atoms with Crippen molar-refractivity contribution in [3.05, 3.63) is 0 Å². The summed E-state index contributed by atoms with van der Waals surface area (Å²) in [5.74, 6) is -0.0651. The molecule has 3 N–H and O–H groups in total. The Bertz CT molecular complexity index is 267. The van der Waals surface area contributed by atoms with Gasteiger partial charge in [0.2, 0.25) is 5.91 Å². The van der Waals surface area contributed by atoms with Gasteiger partial charge in [-0.05, 0) is 19.4 Å². The first-order valence-electron chi connectivity index (χ1n) is 6.96. The normalized spacial score (nSPS) is 21.9. The number of nitrogens with two attached hydrogens (primary N) is 1. The van der Waals surface area contributed by atoms with Crippen LogP contribution in [0.4, 0.5) is 0 Å². The molecule has 18 heavy (non-hydrogen) atoms. The van der Waals surface area contributed by atoms with E-state index in [-0.39, 0.29) is 12.0 Å². The summed E-state index contributed by atoms with van der Waals surface area (Å²) in [4.78, 5) is 14.3. The van der Waals surface area contributed by atoms with Crippen molar-refractivity contribution in [3.63, 3.8) is 0 Å². The van der Waals surface area contributed by atoms with Gasteiger partial charge in [-0.15, -0.1) is 0 Å². The van der Waals surface area contributed by atoms with Crippen LogP contribution >= 0.6 is 0 Å². The van der Waals surface area contributed by atoms with Gasteiger partial charge < -0.3 is 15.8 Å². The minimum atomic E-state index is -0.737. The molecule has 1 heterocycles. The van der Waals surface area contributed by atoms with E-state index in [0.29, 0.717) is 19.4 Å². The van der Waals surface area contributed by atoms with E-state index in [2.05, 4.69) is 17.1 Å². The van der Waals surface area contributed by atoms with Gasteiger partial charge in [0.15, 0.2) is 0 Å². The van der Waals surface area contributed by atoms with Gasteiger partial charge in [-0.3, -0.25) is 9.69 Å². The predicted molar refractivity (Wildman–Crippen MR) is 72.4 cm³/mol. The average Bonchev–Trinajstić information content (AvgIpc) is 2.43. The van der Waals surface area contributed by atoms with Gasteiger partial charge in [0.25, 0.3) is 0 Å². The third kappa shape index (κ3) is 3.93. The highest BCUT2D eigenvalue weighted by molar-refractivity contribution is 5.85. The van der Waals surface area contributed by atoms with Crippen LogP contribution in [0.2, 0.25) is 0 Å². The zero-order chi connectivity index (χ0) is 13.6. The average molecular weight is 257 g/mol. The largest absolute Gasteiger partial charge is 0.374 e. The topological polar surface area (TPSA) is 67.6 Å². The van der Waals surface area contributed by atoms with Gasteiger partial charge in [0.1, 0.15) is 0 Å². The molecule has 0 bridgehead atoms. The highest BCUT2D eigenvalue weighted by atomic mass is 16.5. The van der Waals surface area contributed by atoms with Crippen molar-refractivity contribution in [2.45, 2.75) is 45.3 Å². The summed E-state index contributed by atoms with van der Waals surface area (Å²) in [5, 5.41) is 2.92. The predicted octanol–water partition coefficient (Wildman–Crippen LogP) is 0.341. The number of hydrogen-bond acceptors (Lipinski definition) is 4. The van der Waals surface area contributed by atoms with E-state index in [0.717, 1.165) is 26.2 Å². The summed E-state index contributed by atoms with van der Waals surface area (Å²) in [7, 11) is 0. The Morgan fingerprint density at radius 1 is 1.44 bits per heavy atom. The summed E-state index contributed by atoms with van der Waals surface area (Å²) in [6.07, 6.45) is 1.39. The molecule has 0 aromatic heterocycles. The van der Waals surface area contributed by atoms with Gasteiger partial charge in [0, 0.05) is 19.6 Å². The quantitative estimate of drug-likeness (QED) is 0.720. The molecule has 5 heteroatoms. The van der Waals surface area contributed by atoms with E-state index in [1.54, 1.807) is 0 Å². The number of likely N-dealkylation sites (N-methyl/N-ethyl adjacent to an activating group) is 1. The van der Waals surface area contributed by atoms with Crippen molar-refractivity contribution < 1.29 is 9.53 Å². The molecule has 0 spiro atoms. The molecule has 1 atom stereocenters. The van der Waals surface area contributed by atoms with E-state index in [1.165, 1.54) is 0 Å². The van der Waals surface area contributed by atoms with Crippen molar-refractivity contribution in [2.75, 3.05) is 32.8 Å². The fourth-order valence-electron chi connectivity index (χ4n) is 2.14. The summed E-state index contributed by atoms with van der Waals surface area (Å²) in [6, 6.07) is 0. The van der Waals surface area contributed by atoms with Crippen molar-refractivity contribution >= 4 is 5.91 Å². The van der Waals surface area contributed by atoms with Crippen molar-refractivity contribution in [3.8, 4) is 0 Å². The van der Waals surface area contributed by atoms with Crippen molar-refractivity contribution in [2.24, 2.45) is 5.73 Å². The number of ether oxygens (including phenoxy) is 1. The van der Waals surface area contributed by atoms with Gasteiger partial charge in [-0.1, -0.05) is 20.8 Å². The Hall–Kier alpha value is -0.650. The number of amides is 1. The minimum absolute atomic E-state index is 0.0651. The van der Waals surface area contributed by atoms with E-state index in [1.807, 2.05) is 13.8 Å². The van der Waals surface area contributed by atoms with Gasteiger partial charge in [-0.25, -0.2) is 0 Å². The molecule has 0 aromatic rings. The number of rotatable bonds is 6. The molecule has 106 valence electrons. The second-order valence-electron chi connectivity index (χ2n) is 4.96. The first-order chi connectivity index (χ1) is 8.55. The summed E-state index contributed by atoms with van der Waals surface area (Å²) in [6.45, 7) is 10.2. The monoisotopic (exact) mass is 257 g/mol. The van der Waals surface area contributed by atoms with Crippen molar-refractivity contribution in [1.29, 1.82) is 0 Å². The summed E-state index contributed by atoms with van der Waals surface area (Å²) >= 11 is 0. The zero-order valence-corrected chi connectivity index (χ0v) is 11.9. The van der Waals surface area contributed by atoms with Crippen molar-refractivity contribution in [1.82, 2.24) is 10.2 Å². The van der Waals surface area contributed by atoms with E-state index < -0.39 is 5.54 Å². The lowest BCUT2D eigenvalue weighted by atomic mass is 9.93. The molecular weight excluding hydrogens is 230 g/mol. The van der Waals surface area contributed by atoms with Crippen LogP contribution in [-0.2, 0) is 9.53 Å². The number of carbonyl (C=O) groups excluding carboxylic acids is 1. The minimum Gasteiger partial charge on any atom is -0.374 e.